The first kappa shape index (κ1) is 13.3. The Morgan fingerprint density at radius 1 is 1.42 bits per heavy atom. The highest BCUT2D eigenvalue weighted by molar-refractivity contribution is 7.90. The molecule has 0 fully saturated rings. The van der Waals surface area contributed by atoms with Crippen LogP contribution < -0.4 is 4.90 Å². The van der Waals surface area contributed by atoms with Crippen molar-refractivity contribution in [2.45, 2.75) is 11.8 Å². The molecule has 0 amide bonds. The fraction of sp³-hybridized carbons (Fsp3) is 0.167. The number of hydrogen-bond donors (Lipinski definition) is 1. The summed E-state index contributed by atoms with van der Waals surface area (Å²) in [5.74, 6) is -1.00. The van der Waals surface area contributed by atoms with Gasteiger partial charge in [0, 0.05) is 12.1 Å². The zero-order chi connectivity index (χ0) is 14.0. The average molecular weight is 280 g/mol. The molecule has 19 heavy (non-hydrogen) atoms. The number of para-hydroxylation sites is 1. The van der Waals surface area contributed by atoms with Gasteiger partial charge in [-0.05, 0) is 19.1 Å². The zero-order valence-corrected chi connectivity index (χ0v) is 11.0. The van der Waals surface area contributed by atoms with E-state index in [4.69, 9.17) is 5.11 Å². The molecule has 0 spiro atoms. The molecule has 0 radical (unpaired) electrons. The number of rotatable bonds is 3. The smallest absolute Gasteiger partial charge is 0.331 e. The summed E-state index contributed by atoms with van der Waals surface area (Å²) in [7, 11) is -3.64. The SMILES string of the molecule is C/C(=C/CN1C=NS(=O)(=O)c2ccccc21)C(=O)O. The summed E-state index contributed by atoms with van der Waals surface area (Å²) in [6, 6.07) is 6.46. The van der Waals surface area contributed by atoms with Gasteiger partial charge in [-0.15, -0.1) is 4.40 Å². The van der Waals surface area contributed by atoms with Gasteiger partial charge in [-0.2, -0.15) is 8.42 Å². The summed E-state index contributed by atoms with van der Waals surface area (Å²) >= 11 is 0. The highest BCUT2D eigenvalue weighted by atomic mass is 32.2. The Bertz CT molecular complexity index is 677. The molecule has 1 aliphatic heterocycles. The maximum absolute atomic E-state index is 11.7. The fourth-order valence-corrected chi connectivity index (χ4v) is 2.67. The Balaban J connectivity index is 2.36. The Morgan fingerprint density at radius 3 is 2.79 bits per heavy atom. The van der Waals surface area contributed by atoms with Gasteiger partial charge in [0.1, 0.15) is 11.2 Å². The Morgan fingerprint density at radius 2 is 2.11 bits per heavy atom. The molecule has 1 aromatic rings. The molecular formula is C12H12N2O4S. The van der Waals surface area contributed by atoms with Crippen LogP contribution in [-0.2, 0) is 14.8 Å². The Hall–Kier alpha value is -2.15. The number of sulfonamides is 1. The first-order valence-corrected chi connectivity index (χ1v) is 6.92. The van der Waals surface area contributed by atoms with E-state index in [0.29, 0.717) is 5.69 Å². The molecule has 0 aliphatic carbocycles. The third-order valence-corrected chi connectivity index (χ3v) is 3.98. The van der Waals surface area contributed by atoms with E-state index in [9.17, 15) is 13.2 Å². The molecule has 1 aromatic carbocycles. The molecule has 0 saturated heterocycles. The highest BCUT2D eigenvalue weighted by Gasteiger charge is 2.24. The second kappa shape index (κ2) is 4.85. The number of aliphatic carboxylic acids is 1. The Labute approximate surface area is 110 Å². The summed E-state index contributed by atoms with van der Waals surface area (Å²) < 4.78 is 27.0. The van der Waals surface area contributed by atoms with Crippen LogP contribution in [0, 0.1) is 0 Å². The van der Waals surface area contributed by atoms with E-state index in [1.54, 1.807) is 23.1 Å². The van der Waals surface area contributed by atoms with Crippen LogP contribution in [0.5, 0.6) is 0 Å². The number of hydrogen-bond acceptors (Lipinski definition) is 4. The first-order chi connectivity index (χ1) is 8.92. The van der Waals surface area contributed by atoms with Crippen molar-refractivity contribution in [2.24, 2.45) is 4.40 Å². The third-order valence-electron chi connectivity index (χ3n) is 2.71. The number of benzene rings is 1. The second-order valence-electron chi connectivity index (χ2n) is 4.01. The first-order valence-electron chi connectivity index (χ1n) is 5.48. The van der Waals surface area contributed by atoms with Gasteiger partial charge in [-0.1, -0.05) is 18.2 Å². The standard InChI is InChI=1S/C12H12N2O4S/c1-9(12(15)16)6-7-14-8-13-19(17,18)11-5-3-2-4-10(11)14/h2-6,8H,7H2,1H3,(H,15,16)/b9-6-. The normalized spacial score (nSPS) is 17.1. The summed E-state index contributed by atoms with van der Waals surface area (Å²) in [5.41, 5.74) is 0.686. The van der Waals surface area contributed by atoms with Crippen molar-refractivity contribution in [1.82, 2.24) is 0 Å². The molecule has 2 rings (SSSR count). The van der Waals surface area contributed by atoms with Crippen LogP contribution in [-0.4, -0.2) is 32.4 Å². The molecule has 0 saturated carbocycles. The van der Waals surface area contributed by atoms with Gasteiger partial charge in [0.25, 0.3) is 10.0 Å². The van der Waals surface area contributed by atoms with Crippen molar-refractivity contribution in [3.63, 3.8) is 0 Å². The molecule has 7 heteroatoms. The minimum atomic E-state index is -3.64. The van der Waals surface area contributed by atoms with Crippen LogP contribution in [0.25, 0.3) is 0 Å². The maximum atomic E-state index is 11.7. The van der Waals surface area contributed by atoms with E-state index in [1.165, 1.54) is 25.4 Å². The molecule has 0 unspecified atom stereocenters. The average Bonchev–Trinajstić information content (AvgIpc) is 2.37. The van der Waals surface area contributed by atoms with Gasteiger partial charge in [-0.25, -0.2) is 4.79 Å². The summed E-state index contributed by atoms with van der Waals surface area (Å²) in [4.78, 5) is 12.4. The van der Waals surface area contributed by atoms with E-state index in [2.05, 4.69) is 4.40 Å². The lowest BCUT2D eigenvalue weighted by atomic mass is 10.2. The van der Waals surface area contributed by atoms with Crippen molar-refractivity contribution >= 4 is 28.0 Å². The van der Waals surface area contributed by atoms with E-state index >= 15 is 0 Å². The van der Waals surface area contributed by atoms with Crippen molar-refractivity contribution in [1.29, 1.82) is 0 Å². The van der Waals surface area contributed by atoms with Gasteiger partial charge in [0.15, 0.2) is 0 Å². The predicted molar refractivity (Wildman–Crippen MR) is 70.9 cm³/mol. The molecule has 1 heterocycles. The number of anilines is 1. The molecule has 1 aliphatic rings. The Kier molecular flexibility index (Phi) is 3.39. The zero-order valence-electron chi connectivity index (χ0n) is 10.1. The third kappa shape index (κ3) is 2.65. The highest BCUT2D eigenvalue weighted by Crippen LogP contribution is 2.28. The van der Waals surface area contributed by atoms with Crippen molar-refractivity contribution in [3.8, 4) is 0 Å². The fourth-order valence-electron chi connectivity index (χ4n) is 1.62. The monoisotopic (exact) mass is 280 g/mol. The number of nitrogens with zero attached hydrogens (tertiary/aromatic N) is 2. The quantitative estimate of drug-likeness (QED) is 0.842. The lowest BCUT2D eigenvalue weighted by Crippen LogP contribution is -2.27. The molecule has 6 nitrogen and oxygen atoms in total. The minimum Gasteiger partial charge on any atom is -0.478 e. The van der Waals surface area contributed by atoms with Gasteiger partial charge < -0.3 is 10.0 Å². The molecule has 0 atom stereocenters. The van der Waals surface area contributed by atoms with Crippen molar-refractivity contribution in [2.75, 3.05) is 11.4 Å². The van der Waals surface area contributed by atoms with Crippen LogP contribution in [0.3, 0.4) is 0 Å². The van der Waals surface area contributed by atoms with Gasteiger partial charge in [-0.3, -0.25) is 0 Å². The number of carboxylic acid groups (broad SMARTS) is 1. The number of fused-ring (bicyclic) bond motifs is 1. The van der Waals surface area contributed by atoms with Crippen LogP contribution >= 0.6 is 0 Å². The van der Waals surface area contributed by atoms with E-state index in [0.717, 1.165) is 0 Å². The van der Waals surface area contributed by atoms with Crippen LogP contribution in [0.4, 0.5) is 5.69 Å². The van der Waals surface area contributed by atoms with E-state index < -0.39 is 16.0 Å². The predicted octanol–water partition coefficient (Wildman–Crippen LogP) is 1.25. The van der Waals surface area contributed by atoms with Gasteiger partial charge in [0.2, 0.25) is 0 Å². The maximum Gasteiger partial charge on any atom is 0.331 e. The van der Waals surface area contributed by atoms with E-state index in [-0.39, 0.29) is 17.0 Å². The molecular weight excluding hydrogens is 268 g/mol. The largest absolute Gasteiger partial charge is 0.478 e. The summed E-state index contributed by atoms with van der Waals surface area (Å²) in [6.45, 7) is 1.72. The lowest BCUT2D eigenvalue weighted by Gasteiger charge is -2.23. The molecule has 0 aromatic heterocycles. The van der Waals surface area contributed by atoms with Crippen molar-refractivity contribution < 1.29 is 18.3 Å². The minimum absolute atomic E-state index is 0.124. The number of carbonyl (C=O) groups is 1. The van der Waals surface area contributed by atoms with Crippen LogP contribution in [0.2, 0.25) is 0 Å². The van der Waals surface area contributed by atoms with Gasteiger partial charge >= 0.3 is 5.97 Å². The van der Waals surface area contributed by atoms with Crippen LogP contribution in [0.1, 0.15) is 6.92 Å². The summed E-state index contributed by atoms with van der Waals surface area (Å²) in [6.07, 6.45) is 2.70. The van der Waals surface area contributed by atoms with E-state index in [1.807, 2.05) is 0 Å². The summed E-state index contributed by atoms with van der Waals surface area (Å²) in [5, 5.41) is 8.77. The topological polar surface area (TPSA) is 87.0 Å². The molecule has 1 N–H and O–H groups in total. The molecule has 0 bridgehead atoms. The number of carboxylic acids is 1. The van der Waals surface area contributed by atoms with Crippen LogP contribution in [0.15, 0.2) is 45.2 Å². The lowest BCUT2D eigenvalue weighted by molar-refractivity contribution is -0.132. The van der Waals surface area contributed by atoms with Crippen molar-refractivity contribution in [3.05, 3.63) is 35.9 Å². The second-order valence-corrected chi connectivity index (χ2v) is 5.61. The molecule has 100 valence electrons. The van der Waals surface area contributed by atoms with Gasteiger partial charge in [0.05, 0.1) is 5.69 Å².